The lowest BCUT2D eigenvalue weighted by Gasteiger charge is -2.16. The fourth-order valence-corrected chi connectivity index (χ4v) is 1.92. The summed E-state index contributed by atoms with van der Waals surface area (Å²) in [5.41, 5.74) is 1.13. The number of hydrogen-bond acceptors (Lipinski definition) is 4. The van der Waals surface area contributed by atoms with Gasteiger partial charge in [-0.2, -0.15) is 0 Å². The van der Waals surface area contributed by atoms with E-state index in [4.69, 9.17) is 0 Å². The van der Waals surface area contributed by atoms with Gasteiger partial charge in [-0.05, 0) is 37.7 Å². The van der Waals surface area contributed by atoms with Gasteiger partial charge in [-0.3, -0.25) is 19.3 Å². The molecule has 0 heterocycles. The number of carbonyl (C=O) groups is 3. The molecule has 1 aromatic carbocycles. The Morgan fingerprint density at radius 1 is 1.04 bits per heavy atom. The maximum Gasteiger partial charge on any atom is 0.251 e. The second-order valence-corrected chi connectivity index (χ2v) is 5.23. The average molecular weight is 320 g/mol. The predicted molar refractivity (Wildman–Crippen MR) is 89.3 cm³/mol. The Kier molecular flexibility index (Phi) is 7.76. The summed E-state index contributed by atoms with van der Waals surface area (Å²) in [4.78, 5) is 36.6. The molecule has 0 aliphatic carbocycles. The lowest BCUT2D eigenvalue weighted by molar-refractivity contribution is -0.122. The van der Waals surface area contributed by atoms with E-state index < -0.39 is 0 Å². The monoisotopic (exact) mass is 320 g/mol. The quantitative estimate of drug-likeness (QED) is 0.648. The molecular weight excluding hydrogens is 296 g/mol. The largest absolute Gasteiger partial charge is 0.355 e. The van der Waals surface area contributed by atoms with E-state index in [9.17, 15) is 14.4 Å². The number of rotatable bonds is 8. The fraction of sp³-hybridized carbons (Fsp3) is 0.438. The lowest BCUT2D eigenvalue weighted by atomic mass is 10.2. The molecule has 0 radical (unpaired) electrons. The molecule has 0 bridgehead atoms. The van der Waals surface area contributed by atoms with Crippen LogP contribution in [0.1, 0.15) is 23.7 Å². The summed E-state index contributed by atoms with van der Waals surface area (Å²) in [6.07, 6.45) is 0.877. The van der Waals surface area contributed by atoms with Crippen molar-refractivity contribution in [3.05, 3.63) is 29.8 Å². The predicted octanol–water partition coefficient (Wildman–Crippen LogP) is 0.443. The van der Waals surface area contributed by atoms with Crippen LogP contribution < -0.4 is 16.0 Å². The first-order valence-electron chi connectivity index (χ1n) is 7.53. The van der Waals surface area contributed by atoms with Crippen molar-refractivity contribution in [2.75, 3.05) is 39.0 Å². The van der Waals surface area contributed by atoms with E-state index in [2.05, 4.69) is 16.0 Å². The number of benzene rings is 1. The number of carbonyl (C=O) groups excluding carboxylic acids is 3. The van der Waals surface area contributed by atoms with E-state index in [0.717, 1.165) is 6.42 Å². The number of nitrogens with one attached hydrogen (secondary N) is 3. The van der Waals surface area contributed by atoms with Crippen LogP contribution >= 0.6 is 0 Å². The van der Waals surface area contributed by atoms with Gasteiger partial charge in [0.15, 0.2) is 0 Å². The van der Waals surface area contributed by atoms with E-state index in [1.165, 1.54) is 0 Å². The average Bonchev–Trinajstić information content (AvgIpc) is 2.52. The smallest absolute Gasteiger partial charge is 0.251 e. The van der Waals surface area contributed by atoms with Gasteiger partial charge in [0.25, 0.3) is 5.91 Å². The van der Waals surface area contributed by atoms with Crippen LogP contribution in [0, 0.1) is 0 Å². The van der Waals surface area contributed by atoms with E-state index in [-0.39, 0.29) is 30.8 Å². The summed E-state index contributed by atoms with van der Waals surface area (Å²) in [6.45, 7) is 2.89. The minimum atomic E-state index is -0.219. The number of likely N-dealkylation sites (N-methyl/N-ethyl adjacent to an activating group) is 1. The molecule has 126 valence electrons. The second-order valence-electron chi connectivity index (χ2n) is 5.23. The van der Waals surface area contributed by atoms with E-state index in [1.54, 1.807) is 43.3 Å². The van der Waals surface area contributed by atoms with Crippen molar-refractivity contribution in [1.82, 2.24) is 15.5 Å². The summed E-state index contributed by atoms with van der Waals surface area (Å²) >= 11 is 0. The molecule has 0 fully saturated rings. The summed E-state index contributed by atoms with van der Waals surface area (Å²) in [6, 6.07) is 6.60. The Hall–Kier alpha value is -2.41. The summed E-state index contributed by atoms with van der Waals surface area (Å²) in [7, 11) is 3.27. The van der Waals surface area contributed by atoms with Crippen molar-refractivity contribution >= 4 is 23.4 Å². The van der Waals surface area contributed by atoms with Crippen LogP contribution in [0.2, 0.25) is 0 Å². The molecule has 0 atom stereocenters. The molecule has 0 saturated carbocycles. The highest BCUT2D eigenvalue weighted by molar-refractivity contribution is 5.96. The van der Waals surface area contributed by atoms with Crippen LogP contribution in [0.15, 0.2) is 24.3 Å². The molecule has 0 saturated heterocycles. The maximum absolute atomic E-state index is 11.9. The summed E-state index contributed by atoms with van der Waals surface area (Å²) < 4.78 is 0. The summed E-state index contributed by atoms with van der Waals surface area (Å²) in [5.74, 6) is -0.499. The van der Waals surface area contributed by atoms with E-state index in [1.807, 2.05) is 6.92 Å². The van der Waals surface area contributed by atoms with Crippen molar-refractivity contribution in [2.45, 2.75) is 13.3 Å². The topological polar surface area (TPSA) is 90.5 Å². The van der Waals surface area contributed by atoms with Gasteiger partial charge in [0, 0.05) is 24.8 Å². The molecule has 3 amide bonds. The van der Waals surface area contributed by atoms with Crippen LogP contribution in [0.3, 0.4) is 0 Å². The number of anilines is 1. The van der Waals surface area contributed by atoms with Crippen LogP contribution in [-0.2, 0) is 9.59 Å². The molecule has 3 N–H and O–H groups in total. The minimum absolute atomic E-state index is 0.0999. The van der Waals surface area contributed by atoms with Gasteiger partial charge in [0.05, 0.1) is 13.1 Å². The highest BCUT2D eigenvalue weighted by Gasteiger charge is 2.11. The highest BCUT2D eigenvalue weighted by atomic mass is 16.2. The zero-order valence-electron chi connectivity index (χ0n) is 13.8. The lowest BCUT2D eigenvalue weighted by Crippen LogP contribution is -2.39. The fourth-order valence-electron chi connectivity index (χ4n) is 1.92. The van der Waals surface area contributed by atoms with Gasteiger partial charge in [0.2, 0.25) is 11.8 Å². The van der Waals surface area contributed by atoms with E-state index in [0.29, 0.717) is 17.8 Å². The molecule has 0 spiro atoms. The van der Waals surface area contributed by atoms with Crippen molar-refractivity contribution in [3.63, 3.8) is 0 Å². The molecule has 0 unspecified atom stereocenters. The Morgan fingerprint density at radius 3 is 2.22 bits per heavy atom. The third kappa shape index (κ3) is 6.92. The van der Waals surface area contributed by atoms with Gasteiger partial charge in [-0.15, -0.1) is 0 Å². The Balaban J connectivity index is 2.43. The van der Waals surface area contributed by atoms with Gasteiger partial charge in [0.1, 0.15) is 0 Å². The molecule has 23 heavy (non-hydrogen) atoms. The standard InChI is InChI=1S/C16H24N4O3/c1-4-9-18-14(21)10-20(3)11-15(22)19-13-7-5-12(6-8-13)16(23)17-2/h5-8H,4,9-11H2,1-3H3,(H,17,23)(H,18,21)(H,19,22). The first-order valence-corrected chi connectivity index (χ1v) is 7.53. The SMILES string of the molecule is CCCNC(=O)CN(C)CC(=O)Nc1ccc(C(=O)NC)cc1. The molecule has 7 nitrogen and oxygen atoms in total. The van der Waals surface area contributed by atoms with Crippen molar-refractivity contribution in [3.8, 4) is 0 Å². The van der Waals surface area contributed by atoms with Crippen LogP contribution in [-0.4, -0.2) is 56.4 Å². The molecule has 7 heteroatoms. The van der Waals surface area contributed by atoms with Gasteiger partial charge in [-0.1, -0.05) is 6.92 Å². The molecule has 0 aromatic heterocycles. The van der Waals surface area contributed by atoms with Crippen LogP contribution in [0.5, 0.6) is 0 Å². The van der Waals surface area contributed by atoms with Gasteiger partial charge < -0.3 is 16.0 Å². The zero-order chi connectivity index (χ0) is 17.2. The van der Waals surface area contributed by atoms with Gasteiger partial charge >= 0.3 is 0 Å². The van der Waals surface area contributed by atoms with Crippen LogP contribution in [0.25, 0.3) is 0 Å². The van der Waals surface area contributed by atoms with Gasteiger partial charge in [-0.25, -0.2) is 0 Å². The van der Waals surface area contributed by atoms with Crippen molar-refractivity contribution in [1.29, 1.82) is 0 Å². The Bertz CT molecular complexity index is 543. The Labute approximate surface area is 136 Å². The van der Waals surface area contributed by atoms with Crippen LogP contribution in [0.4, 0.5) is 5.69 Å². The molecule has 1 aromatic rings. The third-order valence-electron chi connectivity index (χ3n) is 3.06. The van der Waals surface area contributed by atoms with Crippen molar-refractivity contribution < 1.29 is 14.4 Å². The van der Waals surface area contributed by atoms with Crippen molar-refractivity contribution in [2.24, 2.45) is 0 Å². The number of nitrogens with zero attached hydrogens (tertiary/aromatic N) is 1. The molecule has 0 aliphatic rings. The summed E-state index contributed by atoms with van der Waals surface area (Å²) in [5, 5.41) is 8.02. The molecule has 0 aliphatic heterocycles. The maximum atomic E-state index is 11.9. The van der Waals surface area contributed by atoms with E-state index >= 15 is 0 Å². The first kappa shape index (κ1) is 18.6. The first-order chi connectivity index (χ1) is 11.0. The molecule has 1 rings (SSSR count). The number of amides is 3. The molecular formula is C16H24N4O3. The Morgan fingerprint density at radius 2 is 1.65 bits per heavy atom. The highest BCUT2D eigenvalue weighted by Crippen LogP contribution is 2.09. The normalized spacial score (nSPS) is 10.3. The minimum Gasteiger partial charge on any atom is -0.355 e. The third-order valence-corrected chi connectivity index (χ3v) is 3.06. The zero-order valence-corrected chi connectivity index (χ0v) is 13.8. The second kappa shape index (κ2) is 9.58. The number of hydrogen-bond donors (Lipinski definition) is 3.